The Labute approximate surface area is 167 Å². The fourth-order valence-corrected chi connectivity index (χ4v) is 2.44. The van der Waals surface area contributed by atoms with Gasteiger partial charge in [0.1, 0.15) is 12.3 Å². The van der Waals surface area contributed by atoms with E-state index in [1.165, 1.54) is 5.56 Å². The van der Waals surface area contributed by atoms with Crippen molar-refractivity contribution >= 4 is 29.9 Å². The molecule has 6 heteroatoms. The predicted octanol–water partition coefficient (Wildman–Crippen LogP) is 3.13. The van der Waals surface area contributed by atoms with Gasteiger partial charge in [-0.15, -0.1) is 24.0 Å². The molecule has 1 aromatic heterocycles. The lowest BCUT2D eigenvalue weighted by atomic mass is 10.1. The maximum absolute atomic E-state index is 5.33. The molecule has 0 saturated carbocycles. The van der Waals surface area contributed by atoms with Crippen molar-refractivity contribution < 1.29 is 4.42 Å². The standard InChI is InChI=1S/C19H28N4O.HI/c1-4-20-19(22-15-18-11-8-12-24-18)21-14-17(23(2)3)13-16-9-6-5-7-10-16;/h5-12,17H,4,13-15H2,1-3H3,(H2,20,21,22);1H. The van der Waals surface area contributed by atoms with E-state index >= 15 is 0 Å². The Balaban J connectivity index is 0.00000312. The molecular weight excluding hydrogens is 427 g/mol. The third-order valence-corrected chi connectivity index (χ3v) is 3.87. The molecule has 0 radical (unpaired) electrons. The summed E-state index contributed by atoms with van der Waals surface area (Å²) in [6, 6.07) is 14.8. The number of halogens is 1. The summed E-state index contributed by atoms with van der Waals surface area (Å²) in [4.78, 5) is 6.82. The average molecular weight is 456 g/mol. The molecule has 5 nitrogen and oxygen atoms in total. The number of likely N-dealkylation sites (N-methyl/N-ethyl adjacent to an activating group) is 1. The first-order valence-electron chi connectivity index (χ1n) is 8.44. The van der Waals surface area contributed by atoms with Crippen LogP contribution in [0.1, 0.15) is 18.2 Å². The molecule has 1 heterocycles. The van der Waals surface area contributed by atoms with Crippen LogP contribution in [-0.4, -0.2) is 44.1 Å². The van der Waals surface area contributed by atoms with Crippen molar-refractivity contribution in [1.29, 1.82) is 0 Å². The first-order valence-corrected chi connectivity index (χ1v) is 8.44. The summed E-state index contributed by atoms with van der Waals surface area (Å²) in [5.41, 5.74) is 1.34. The zero-order valence-electron chi connectivity index (χ0n) is 15.2. The van der Waals surface area contributed by atoms with E-state index in [9.17, 15) is 0 Å². The largest absolute Gasteiger partial charge is 0.467 e. The van der Waals surface area contributed by atoms with Crippen LogP contribution in [0.5, 0.6) is 0 Å². The molecule has 2 rings (SSSR count). The highest BCUT2D eigenvalue weighted by molar-refractivity contribution is 14.0. The van der Waals surface area contributed by atoms with Crippen LogP contribution in [0.15, 0.2) is 58.1 Å². The molecule has 138 valence electrons. The minimum Gasteiger partial charge on any atom is -0.467 e. The zero-order valence-corrected chi connectivity index (χ0v) is 17.6. The number of guanidine groups is 1. The van der Waals surface area contributed by atoms with E-state index in [0.29, 0.717) is 12.6 Å². The second-order valence-electron chi connectivity index (χ2n) is 5.96. The Bertz CT molecular complexity index is 599. The summed E-state index contributed by atoms with van der Waals surface area (Å²) in [5, 5.41) is 6.72. The molecule has 1 atom stereocenters. The lowest BCUT2D eigenvalue weighted by Gasteiger charge is -2.25. The SMILES string of the molecule is CCNC(=NCc1ccco1)NCC(Cc1ccccc1)N(C)C.I. The van der Waals surface area contributed by atoms with E-state index in [1.54, 1.807) is 6.26 Å². The molecule has 2 N–H and O–H groups in total. The van der Waals surface area contributed by atoms with Gasteiger partial charge in [-0.2, -0.15) is 0 Å². The van der Waals surface area contributed by atoms with Gasteiger partial charge in [-0.1, -0.05) is 30.3 Å². The van der Waals surface area contributed by atoms with Crippen LogP contribution < -0.4 is 10.6 Å². The lowest BCUT2D eigenvalue weighted by molar-refractivity contribution is 0.290. The number of benzene rings is 1. The molecule has 0 fully saturated rings. The van der Waals surface area contributed by atoms with Gasteiger partial charge in [0.15, 0.2) is 5.96 Å². The van der Waals surface area contributed by atoms with Crippen LogP contribution >= 0.6 is 24.0 Å². The summed E-state index contributed by atoms with van der Waals surface area (Å²) in [5.74, 6) is 1.68. The van der Waals surface area contributed by atoms with Crippen LogP contribution in [0.3, 0.4) is 0 Å². The molecule has 0 aliphatic heterocycles. The predicted molar refractivity (Wildman–Crippen MR) is 115 cm³/mol. The second kappa shape index (κ2) is 11.9. The topological polar surface area (TPSA) is 52.8 Å². The van der Waals surface area contributed by atoms with Crippen LogP contribution in [0.2, 0.25) is 0 Å². The third kappa shape index (κ3) is 7.92. The highest BCUT2D eigenvalue weighted by Gasteiger charge is 2.13. The van der Waals surface area contributed by atoms with Gasteiger partial charge in [-0.05, 0) is 45.1 Å². The van der Waals surface area contributed by atoms with Crippen molar-refractivity contribution in [3.05, 3.63) is 60.1 Å². The molecule has 0 spiro atoms. The number of nitrogens with one attached hydrogen (secondary N) is 2. The van der Waals surface area contributed by atoms with Gasteiger partial charge in [0, 0.05) is 19.1 Å². The molecular formula is C19H29IN4O. The smallest absolute Gasteiger partial charge is 0.191 e. The van der Waals surface area contributed by atoms with Gasteiger partial charge >= 0.3 is 0 Å². The first kappa shape index (κ1) is 21.5. The summed E-state index contributed by atoms with van der Waals surface area (Å²) in [6.07, 6.45) is 2.67. The van der Waals surface area contributed by atoms with Gasteiger partial charge in [0.25, 0.3) is 0 Å². The number of rotatable bonds is 8. The fourth-order valence-electron chi connectivity index (χ4n) is 2.44. The van der Waals surface area contributed by atoms with Gasteiger partial charge in [0.2, 0.25) is 0 Å². The maximum Gasteiger partial charge on any atom is 0.191 e. The van der Waals surface area contributed by atoms with Gasteiger partial charge in [0.05, 0.1) is 6.26 Å². The van der Waals surface area contributed by atoms with E-state index in [0.717, 1.165) is 31.2 Å². The van der Waals surface area contributed by atoms with E-state index in [4.69, 9.17) is 4.42 Å². The average Bonchev–Trinajstić information content (AvgIpc) is 3.10. The monoisotopic (exact) mass is 456 g/mol. The molecule has 0 aliphatic rings. The Morgan fingerprint density at radius 3 is 2.48 bits per heavy atom. The first-order chi connectivity index (χ1) is 11.7. The van der Waals surface area contributed by atoms with Crippen LogP contribution in [0.25, 0.3) is 0 Å². The van der Waals surface area contributed by atoms with Crippen molar-refractivity contribution in [3.63, 3.8) is 0 Å². The summed E-state index contributed by atoms with van der Waals surface area (Å²) < 4.78 is 5.33. The Kier molecular flexibility index (Phi) is 10.3. The molecule has 0 aliphatic carbocycles. The minimum atomic E-state index is 0. The van der Waals surface area contributed by atoms with Crippen molar-refractivity contribution in [1.82, 2.24) is 15.5 Å². The van der Waals surface area contributed by atoms with E-state index < -0.39 is 0 Å². The number of nitrogens with zero attached hydrogens (tertiary/aromatic N) is 2. The number of hydrogen-bond donors (Lipinski definition) is 2. The fraction of sp³-hybridized carbons (Fsp3) is 0.421. The van der Waals surface area contributed by atoms with Crippen LogP contribution in [0.4, 0.5) is 0 Å². The highest BCUT2D eigenvalue weighted by Crippen LogP contribution is 2.06. The quantitative estimate of drug-likeness (QED) is 0.364. The third-order valence-electron chi connectivity index (χ3n) is 3.87. The molecule has 2 aromatic rings. The van der Waals surface area contributed by atoms with E-state index in [-0.39, 0.29) is 24.0 Å². The Hall–Kier alpha value is -1.54. The van der Waals surface area contributed by atoms with Crippen molar-refractivity contribution in [3.8, 4) is 0 Å². The number of furan rings is 1. The Morgan fingerprint density at radius 1 is 1.12 bits per heavy atom. The summed E-state index contributed by atoms with van der Waals surface area (Å²) in [7, 11) is 4.23. The second-order valence-corrected chi connectivity index (χ2v) is 5.96. The van der Waals surface area contributed by atoms with Gasteiger partial charge in [-0.3, -0.25) is 0 Å². The molecule has 25 heavy (non-hydrogen) atoms. The molecule has 0 bridgehead atoms. The van der Waals surface area contributed by atoms with Gasteiger partial charge < -0.3 is 20.0 Å². The molecule has 1 unspecified atom stereocenters. The zero-order chi connectivity index (χ0) is 17.2. The summed E-state index contributed by atoms with van der Waals surface area (Å²) >= 11 is 0. The maximum atomic E-state index is 5.33. The molecule has 1 aromatic carbocycles. The van der Waals surface area contributed by atoms with Crippen molar-refractivity contribution in [2.45, 2.75) is 25.9 Å². The van der Waals surface area contributed by atoms with Crippen molar-refractivity contribution in [2.75, 3.05) is 27.2 Å². The van der Waals surface area contributed by atoms with Crippen LogP contribution in [0, 0.1) is 0 Å². The van der Waals surface area contributed by atoms with E-state index in [1.807, 2.05) is 12.1 Å². The van der Waals surface area contributed by atoms with Gasteiger partial charge in [-0.25, -0.2) is 4.99 Å². The number of hydrogen-bond acceptors (Lipinski definition) is 3. The summed E-state index contributed by atoms with van der Waals surface area (Å²) in [6.45, 7) is 4.26. The minimum absolute atomic E-state index is 0. The van der Waals surface area contributed by atoms with Crippen molar-refractivity contribution in [2.24, 2.45) is 4.99 Å². The molecule has 0 amide bonds. The Morgan fingerprint density at radius 2 is 1.88 bits per heavy atom. The van der Waals surface area contributed by atoms with Crippen LogP contribution in [-0.2, 0) is 13.0 Å². The van der Waals surface area contributed by atoms with E-state index in [2.05, 4.69) is 71.9 Å². The molecule has 0 saturated heterocycles. The number of aliphatic imine (C=N–C) groups is 1. The lowest BCUT2D eigenvalue weighted by Crippen LogP contribution is -2.46. The normalized spacial score (nSPS) is 12.6. The highest BCUT2D eigenvalue weighted by atomic mass is 127.